The average molecular weight is 593 g/mol. The number of aliphatic carboxylic acids is 1. The number of nitrogen functional groups attached to an aromatic ring is 1. The van der Waals surface area contributed by atoms with E-state index < -0.39 is 31.6 Å². The van der Waals surface area contributed by atoms with Crippen LogP contribution >= 0.6 is 7.60 Å². The molecule has 0 aromatic heterocycles. The van der Waals surface area contributed by atoms with Gasteiger partial charge in [0.15, 0.2) is 5.78 Å². The Labute approximate surface area is 235 Å². The second-order valence-electron chi connectivity index (χ2n) is 8.17. The van der Waals surface area contributed by atoms with Gasteiger partial charge in [0.25, 0.3) is 0 Å². The summed E-state index contributed by atoms with van der Waals surface area (Å²) in [7, 11) is -4.02. The number of alkyl halides is 3. The van der Waals surface area contributed by atoms with Crippen LogP contribution in [0, 0.1) is 12.3 Å². The highest BCUT2D eigenvalue weighted by molar-refractivity contribution is 7.55. The lowest BCUT2D eigenvalue weighted by Gasteiger charge is -2.33. The molecule has 3 N–H and O–H groups in total. The molecule has 3 aromatic carbocycles. The average Bonchev–Trinajstić information content (AvgIpc) is 2.93. The first-order valence-corrected chi connectivity index (χ1v) is 13.6. The molecule has 0 spiro atoms. The highest BCUT2D eigenvalue weighted by atomic mass is 31.2. The van der Waals surface area contributed by atoms with Gasteiger partial charge in [0.05, 0.1) is 6.61 Å². The molecule has 0 aliphatic rings. The molecule has 1 amide bonds. The van der Waals surface area contributed by atoms with Gasteiger partial charge in [-0.05, 0) is 61.9 Å². The zero-order chi connectivity index (χ0) is 30.5. The molecular formula is C28H28F3N2O7P. The fourth-order valence-electron chi connectivity index (χ4n) is 3.08. The highest BCUT2D eigenvalue weighted by Crippen LogP contribution is 2.54. The van der Waals surface area contributed by atoms with Crippen molar-refractivity contribution < 1.29 is 46.2 Å². The van der Waals surface area contributed by atoms with Crippen molar-refractivity contribution >= 4 is 31.0 Å². The Kier molecular flexibility index (Phi) is 12.1. The monoisotopic (exact) mass is 592 g/mol. The Bertz CT molecular complexity index is 1300. The summed E-state index contributed by atoms with van der Waals surface area (Å²) in [6.07, 6.45) is 0.465. The number of nitrogens with zero attached hydrogens (tertiary/aromatic N) is 1. The number of terminal acetylenes is 1. The van der Waals surface area contributed by atoms with Crippen molar-refractivity contribution in [1.82, 2.24) is 0 Å². The van der Waals surface area contributed by atoms with Crippen LogP contribution in [-0.2, 0) is 14.1 Å². The SMILES string of the molecule is C#CCCCOC(=O)N(c1ccc(N)cc1)C(C)P(=O)(Oc1ccccc1)Oc1ccccc1.O=C(O)C(F)(F)F. The number of halogens is 3. The van der Waals surface area contributed by atoms with E-state index in [9.17, 15) is 22.5 Å². The van der Waals surface area contributed by atoms with Crippen molar-refractivity contribution in [2.75, 3.05) is 17.2 Å². The van der Waals surface area contributed by atoms with Crippen LogP contribution in [0.25, 0.3) is 0 Å². The molecule has 0 aliphatic carbocycles. The zero-order valence-corrected chi connectivity index (χ0v) is 22.8. The molecule has 0 fully saturated rings. The van der Waals surface area contributed by atoms with E-state index in [4.69, 9.17) is 35.8 Å². The van der Waals surface area contributed by atoms with Crippen LogP contribution in [0.2, 0.25) is 0 Å². The van der Waals surface area contributed by atoms with Gasteiger partial charge in [0.2, 0.25) is 0 Å². The number of para-hydroxylation sites is 2. The number of nitrogens with two attached hydrogens (primary N) is 1. The van der Waals surface area contributed by atoms with Gasteiger partial charge >= 0.3 is 25.8 Å². The van der Waals surface area contributed by atoms with Crippen molar-refractivity contribution in [3.63, 3.8) is 0 Å². The molecule has 0 saturated heterocycles. The molecule has 0 saturated carbocycles. The number of carboxylic acid groups (broad SMARTS) is 1. The zero-order valence-electron chi connectivity index (χ0n) is 21.9. The largest absolute Gasteiger partial charge is 0.490 e. The lowest BCUT2D eigenvalue weighted by atomic mass is 10.2. The quantitative estimate of drug-likeness (QED) is 0.112. The Morgan fingerprint density at radius 3 is 1.85 bits per heavy atom. The first kappa shape index (κ1) is 32.6. The Morgan fingerprint density at radius 1 is 0.976 bits per heavy atom. The maximum Gasteiger partial charge on any atom is 0.490 e. The van der Waals surface area contributed by atoms with Gasteiger partial charge in [-0.15, -0.1) is 12.3 Å². The van der Waals surface area contributed by atoms with Gasteiger partial charge in [-0.2, -0.15) is 13.2 Å². The number of amides is 1. The summed E-state index contributed by atoms with van der Waals surface area (Å²) >= 11 is 0. The Hall–Kier alpha value is -4.62. The summed E-state index contributed by atoms with van der Waals surface area (Å²) in [5, 5.41) is 7.12. The third-order valence-electron chi connectivity index (χ3n) is 5.08. The third-order valence-corrected chi connectivity index (χ3v) is 7.16. The molecule has 1 unspecified atom stereocenters. The molecule has 3 aromatic rings. The van der Waals surface area contributed by atoms with Crippen LogP contribution in [0.5, 0.6) is 11.5 Å². The number of carboxylic acids is 1. The Morgan fingerprint density at radius 2 is 1.44 bits per heavy atom. The summed E-state index contributed by atoms with van der Waals surface area (Å²) in [5.41, 5.74) is 6.77. The lowest BCUT2D eigenvalue weighted by Crippen LogP contribution is -2.41. The van der Waals surface area contributed by atoms with Crippen LogP contribution in [0.3, 0.4) is 0 Å². The molecule has 218 valence electrons. The van der Waals surface area contributed by atoms with Crippen LogP contribution in [0.4, 0.5) is 29.3 Å². The highest BCUT2D eigenvalue weighted by Gasteiger charge is 2.43. The molecule has 0 aliphatic heterocycles. The second kappa shape index (κ2) is 15.2. The maximum atomic E-state index is 14.3. The summed E-state index contributed by atoms with van der Waals surface area (Å²) in [4.78, 5) is 23.3. The predicted octanol–water partition coefficient (Wildman–Crippen LogP) is 6.96. The molecule has 0 bridgehead atoms. The van der Waals surface area contributed by atoms with E-state index in [2.05, 4.69) is 5.92 Å². The molecule has 0 radical (unpaired) electrons. The standard InChI is InChI=1S/C26H27N2O5P.C2HF3O2/c1-3-4-11-20-31-26(29)28(23-18-16-22(27)17-19-23)21(2)34(30,32-24-12-7-5-8-13-24)33-25-14-9-6-10-15-25;3-2(4,5)1(6)7/h1,5-10,12-19,21H,4,11,20,27H2,2H3;(H,6,7). The van der Waals surface area contributed by atoms with Crippen LogP contribution in [0.15, 0.2) is 84.9 Å². The number of carbonyl (C=O) groups excluding carboxylic acids is 1. The summed E-state index contributed by atoms with van der Waals surface area (Å²) < 4.78 is 63.3. The predicted molar refractivity (Wildman–Crippen MR) is 148 cm³/mol. The fourth-order valence-corrected chi connectivity index (χ4v) is 4.76. The third kappa shape index (κ3) is 10.5. The molecule has 13 heteroatoms. The maximum absolute atomic E-state index is 14.3. The van der Waals surface area contributed by atoms with E-state index in [1.165, 1.54) is 4.90 Å². The first-order chi connectivity index (χ1) is 19.4. The van der Waals surface area contributed by atoms with Gasteiger partial charge in [-0.25, -0.2) is 14.2 Å². The van der Waals surface area contributed by atoms with Crippen molar-refractivity contribution in [1.29, 1.82) is 0 Å². The smallest absolute Gasteiger partial charge is 0.475 e. The number of hydrogen-bond donors (Lipinski definition) is 2. The van der Waals surface area contributed by atoms with E-state index >= 15 is 0 Å². The number of hydrogen-bond acceptors (Lipinski definition) is 7. The number of ether oxygens (including phenoxy) is 1. The van der Waals surface area contributed by atoms with Gasteiger partial charge in [0, 0.05) is 17.8 Å². The Balaban J connectivity index is 0.000000745. The second-order valence-corrected chi connectivity index (χ2v) is 10.4. The van der Waals surface area contributed by atoms with Gasteiger partial charge < -0.3 is 24.6 Å². The molecule has 1 atom stereocenters. The molecule has 0 heterocycles. The van der Waals surface area contributed by atoms with Crippen molar-refractivity contribution in [2.24, 2.45) is 0 Å². The summed E-state index contributed by atoms with van der Waals surface area (Å²) in [6.45, 7) is 1.70. The van der Waals surface area contributed by atoms with Crippen LogP contribution < -0.4 is 19.7 Å². The minimum atomic E-state index is -5.08. The van der Waals surface area contributed by atoms with Gasteiger partial charge in [0.1, 0.15) is 11.5 Å². The van der Waals surface area contributed by atoms with E-state index in [-0.39, 0.29) is 6.61 Å². The number of benzene rings is 3. The van der Waals surface area contributed by atoms with Crippen molar-refractivity contribution in [3.05, 3.63) is 84.9 Å². The van der Waals surface area contributed by atoms with E-state index in [0.29, 0.717) is 35.7 Å². The molecule has 41 heavy (non-hydrogen) atoms. The molecule has 3 rings (SSSR count). The van der Waals surface area contributed by atoms with E-state index in [1.54, 1.807) is 79.7 Å². The summed E-state index contributed by atoms with van der Waals surface area (Å²) in [6, 6.07) is 23.9. The first-order valence-electron chi connectivity index (χ1n) is 12.0. The lowest BCUT2D eigenvalue weighted by molar-refractivity contribution is -0.192. The van der Waals surface area contributed by atoms with E-state index in [1.807, 2.05) is 12.1 Å². The molecule has 9 nitrogen and oxygen atoms in total. The number of carbonyl (C=O) groups is 2. The van der Waals surface area contributed by atoms with Crippen LogP contribution in [0.1, 0.15) is 19.8 Å². The number of anilines is 2. The fraction of sp³-hybridized carbons (Fsp3) is 0.214. The summed E-state index contributed by atoms with van der Waals surface area (Å²) in [5.74, 6) is -0.627. The van der Waals surface area contributed by atoms with Crippen molar-refractivity contribution in [2.45, 2.75) is 31.7 Å². The number of rotatable bonds is 10. The minimum Gasteiger partial charge on any atom is -0.475 e. The topological polar surface area (TPSA) is 128 Å². The van der Waals surface area contributed by atoms with Crippen LogP contribution in [-0.4, -0.2) is 35.7 Å². The minimum absolute atomic E-state index is 0.116. The van der Waals surface area contributed by atoms with Gasteiger partial charge in [-0.1, -0.05) is 36.4 Å². The van der Waals surface area contributed by atoms with Crippen molar-refractivity contribution in [3.8, 4) is 23.8 Å². The molecular weight excluding hydrogens is 564 g/mol. The van der Waals surface area contributed by atoms with E-state index in [0.717, 1.165) is 0 Å². The number of unbranched alkanes of at least 4 members (excludes halogenated alkanes) is 1. The normalized spacial score (nSPS) is 11.6. The van der Waals surface area contributed by atoms with Gasteiger partial charge in [-0.3, -0.25) is 4.90 Å².